The minimum atomic E-state index is -0.364. The molecule has 0 aliphatic heterocycles. The number of carbonyl (C=O) groups is 1. The molecule has 20 heavy (non-hydrogen) atoms. The van der Waals surface area contributed by atoms with Crippen molar-refractivity contribution in [2.24, 2.45) is 0 Å². The van der Waals surface area contributed by atoms with E-state index in [0.717, 1.165) is 23.1 Å². The van der Waals surface area contributed by atoms with Crippen LogP contribution in [-0.4, -0.2) is 12.9 Å². The van der Waals surface area contributed by atoms with Gasteiger partial charge in [-0.1, -0.05) is 30.3 Å². The normalized spacial score (nSPS) is 17.7. The molecule has 1 aliphatic carbocycles. The average Bonchev–Trinajstić information content (AvgIpc) is 2.49. The predicted octanol–water partition coefficient (Wildman–Crippen LogP) is 3.94. The van der Waals surface area contributed by atoms with Gasteiger partial charge in [-0.05, 0) is 29.7 Å². The second kappa shape index (κ2) is 5.08. The Labute approximate surface area is 117 Å². The molecule has 1 atom stereocenters. The van der Waals surface area contributed by atoms with Crippen LogP contribution in [0, 0.1) is 5.82 Å². The van der Waals surface area contributed by atoms with Gasteiger partial charge in [0.25, 0.3) is 0 Å². The molecule has 0 bridgehead atoms. The quantitative estimate of drug-likeness (QED) is 0.826. The highest BCUT2D eigenvalue weighted by Crippen LogP contribution is 2.37. The number of ketones is 1. The molecule has 2 aromatic rings. The zero-order valence-corrected chi connectivity index (χ0v) is 11.2. The van der Waals surface area contributed by atoms with Gasteiger partial charge in [-0.15, -0.1) is 0 Å². The lowest BCUT2D eigenvalue weighted by molar-refractivity contribution is 0.0969. The third-order valence-electron chi connectivity index (χ3n) is 3.87. The molecule has 102 valence electrons. The standard InChI is InChI=1S/C17H15FO2/c1-20-17-10-11(6-8-15(17)18)12-7-9-16(19)14-5-3-2-4-13(12)14/h2-6,8,10,12H,7,9H2,1H3. The van der Waals surface area contributed by atoms with Gasteiger partial charge in [0.15, 0.2) is 17.3 Å². The second-order valence-electron chi connectivity index (χ2n) is 5.00. The summed E-state index contributed by atoms with van der Waals surface area (Å²) in [4.78, 5) is 12.0. The first-order valence-electron chi connectivity index (χ1n) is 6.66. The summed E-state index contributed by atoms with van der Waals surface area (Å²) in [6.07, 6.45) is 1.28. The van der Waals surface area contributed by atoms with Crippen molar-refractivity contribution in [1.29, 1.82) is 0 Å². The molecular formula is C17H15FO2. The lowest BCUT2D eigenvalue weighted by atomic mass is 9.78. The van der Waals surface area contributed by atoms with Gasteiger partial charge < -0.3 is 4.74 Å². The Morgan fingerprint density at radius 1 is 1.20 bits per heavy atom. The summed E-state index contributed by atoms with van der Waals surface area (Å²) in [5.74, 6) is 0.192. The maximum absolute atomic E-state index is 13.5. The van der Waals surface area contributed by atoms with Crippen LogP contribution in [-0.2, 0) is 0 Å². The number of hydrogen-bond donors (Lipinski definition) is 0. The zero-order chi connectivity index (χ0) is 14.1. The number of Topliss-reactive ketones (excluding diaryl/α,β-unsaturated/α-hetero) is 1. The SMILES string of the molecule is COc1cc(C2CCC(=O)c3ccccc32)ccc1F. The average molecular weight is 270 g/mol. The molecule has 1 unspecified atom stereocenters. The third kappa shape index (κ3) is 2.09. The first-order valence-corrected chi connectivity index (χ1v) is 6.66. The molecule has 0 spiro atoms. The van der Waals surface area contributed by atoms with Gasteiger partial charge in [-0.3, -0.25) is 4.79 Å². The molecule has 0 saturated carbocycles. The van der Waals surface area contributed by atoms with Crippen molar-refractivity contribution >= 4 is 5.78 Å². The van der Waals surface area contributed by atoms with Gasteiger partial charge in [0.2, 0.25) is 0 Å². The van der Waals surface area contributed by atoms with Crippen molar-refractivity contribution < 1.29 is 13.9 Å². The molecule has 3 rings (SSSR count). The lowest BCUT2D eigenvalue weighted by Gasteiger charge is -2.25. The van der Waals surface area contributed by atoms with Crippen molar-refractivity contribution in [2.45, 2.75) is 18.8 Å². The monoisotopic (exact) mass is 270 g/mol. The number of carbonyl (C=O) groups excluding carboxylic acids is 1. The fourth-order valence-electron chi connectivity index (χ4n) is 2.86. The summed E-state index contributed by atoms with van der Waals surface area (Å²) >= 11 is 0. The number of hydrogen-bond acceptors (Lipinski definition) is 2. The molecule has 0 N–H and O–H groups in total. The van der Waals surface area contributed by atoms with E-state index in [9.17, 15) is 9.18 Å². The first kappa shape index (κ1) is 12.9. The van der Waals surface area contributed by atoms with Crippen LogP contribution in [0.4, 0.5) is 4.39 Å². The highest BCUT2D eigenvalue weighted by Gasteiger charge is 2.26. The van der Waals surface area contributed by atoms with Crippen molar-refractivity contribution in [1.82, 2.24) is 0 Å². The van der Waals surface area contributed by atoms with E-state index >= 15 is 0 Å². The van der Waals surface area contributed by atoms with Crippen molar-refractivity contribution in [3.63, 3.8) is 0 Å². The first-order chi connectivity index (χ1) is 9.70. The highest BCUT2D eigenvalue weighted by molar-refractivity contribution is 5.99. The van der Waals surface area contributed by atoms with Crippen LogP contribution in [0.25, 0.3) is 0 Å². The van der Waals surface area contributed by atoms with Crippen molar-refractivity contribution in [2.75, 3.05) is 7.11 Å². The molecule has 0 radical (unpaired) electrons. The lowest BCUT2D eigenvalue weighted by Crippen LogP contribution is -2.16. The Balaban J connectivity index is 2.08. The summed E-state index contributed by atoms with van der Waals surface area (Å²) in [5.41, 5.74) is 2.80. The fourth-order valence-corrected chi connectivity index (χ4v) is 2.86. The minimum Gasteiger partial charge on any atom is -0.494 e. The highest BCUT2D eigenvalue weighted by atomic mass is 19.1. The van der Waals surface area contributed by atoms with Gasteiger partial charge in [-0.2, -0.15) is 0 Å². The van der Waals surface area contributed by atoms with Crippen LogP contribution in [0.5, 0.6) is 5.75 Å². The fraction of sp³-hybridized carbons (Fsp3) is 0.235. The topological polar surface area (TPSA) is 26.3 Å². The maximum atomic E-state index is 13.5. The number of methoxy groups -OCH3 is 1. The van der Waals surface area contributed by atoms with Gasteiger partial charge in [0.05, 0.1) is 7.11 Å². The molecule has 0 amide bonds. The summed E-state index contributed by atoms with van der Waals surface area (Å²) in [6, 6.07) is 12.6. The Morgan fingerprint density at radius 2 is 2.00 bits per heavy atom. The summed E-state index contributed by atoms with van der Waals surface area (Å²) < 4.78 is 18.6. The summed E-state index contributed by atoms with van der Waals surface area (Å²) in [7, 11) is 1.46. The van der Waals surface area contributed by atoms with Crippen LogP contribution in [0.15, 0.2) is 42.5 Å². The number of benzene rings is 2. The van der Waals surface area contributed by atoms with Crippen LogP contribution in [0.3, 0.4) is 0 Å². The molecule has 3 heteroatoms. The van der Waals surface area contributed by atoms with Crippen LogP contribution in [0.2, 0.25) is 0 Å². The van der Waals surface area contributed by atoms with Gasteiger partial charge >= 0.3 is 0 Å². The van der Waals surface area contributed by atoms with Crippen LogP contribution < -0.4 is 4.74 Å². The third-order valence-corrected chi connectivity index (χ3v) is 3.87. The number of halogens is 1. The minimum absolute atomic E-state index is 0.124. The largest absolute Gasteiger partial charge is 0.494 e. The molecule has 0 fully saturated rings. The number of fused-ring (bicyclic) bond motifs is 1. The van der Waals surface area contributed by atoms with Gasteiger partial charge in [0.1, 0.15) is 0 Å². The van der Waals surface area contributed by atoms with E-state index < -0.39 is 0 Å². The van der Waals surface area contributed by atoms with E-state index in [0.29, 0.717) is 6.42 Å². The van der Waals surface area contributed by atoms with E-state index in [1.54, 1.807) is 12.1 Å². The Bertz CT molecular complexity index is 664. The van der Waals surface area contributed by atoms with E-state index in [1.165, 1.54) is 13.2 Å². The number of rotatable bonds is 2. The molecule has 0 aromatic heterocycles. The van der Waals surface area contributed by atoms with E-state index in [4.69, 9.17) is 4.74 Å². The smallest absolute Gasteiger partial charge is 0.165 e. The number of ether oxygens (including phenoxy) is 1. The predicted molar refractivity (Wildman–Crippen MR) is 74.8 cm³/mol. The zero-order valence-electron chi connectivity index (χ0n) is 11.2. The second-order valence-corrected chi connectivity index (χ2v) is 5.00. The van der Waals surface area contributed by atoms with Crippen LogP contribution >= 0.6 is 0 Å². The maximum Gasteiger partial charge on any atom is 0.165 e. The van der Waals surface area contributed by atoms with E-state index in [1.807, 2.05) is 24.3 Å². The van der Waals surface area contributed by atoms with Gasteiger partial charge in [-0.25, -0.2) is 4.39 Å². The molecule has 2 nitrogen and oxygen atoms in total. The Morgan fingerprint density at radius 3 is 2.80 bits per heavy atom. The van der Waals surface area contributed by atoms with E-state index in [-0.39, 0.29) is 23.3 Å². The molecular weight excluding hydrogens is 255 g/mol. The molecule has 0 heterocycles. The summed E-state index contributed by atoms with van der Waals surface area (Å²) in [5, 5.41) is 0. The Hall–Kier alpha value is -2.16. The van der Waals surface area contributed by atoms with E-state index in [2.05, 4.69) is 0 Å². The molecule has 1 aliphatic rings. The van der Waals surface area contributed by atoms with Gasteiger partial charge in [0, 0.05) is 17.9 Å². The van der Waals surface area contributed by atoms with Crippen molar-refractivity contribution in [3.05, 3.63) is 65.0 Å². The molecule has 0 saturated heterocycles. The molecule has 2 aromatic carbocycles. The van der Waals surface area contributed by atoms with Crippen molar-refractivity contribution in [3.8, 4) is 5.75 Å². The van der Waals surface area contributed by atoms with Crippen LogP contribution in [0.1, 0.15) is 40.2 Å². The Kier molecular flexibility index (Phi) is 3.26. The summed E-state index contributed by atoms with van der Waals surface area (Å²) in [6.45, 7) is 0.